The van der Waals surface area contributed by atoms with Crippen LogP contribution in [0.2, 0.25) is 0 Å². The Morgan fingerprint density at radius 1 is 1.16 bits per heavy atom. The number of benzene rings is 2. The Hall–Kier alpha value is -2.36. The molecular weight excluding hydrogens is 243 g/mol. The number of aryl methyl sites for hydroxylation is 1. The van der Waals surface area contributed by atoms with Crippen molar-refractivity contribution in [3.05, 3.63) is 65.5 Å². The molecule has 4 heteroatoms. The lowest BCUT2D eigenvalue weighted by atomic mass is 10.1. The Morgan fingerprint density at radius 3 is 2.58 bits per heavy atom. The first-order chi connectivity index (χ1) is 9.13. The largest absolute Gasteiger partial charge is 0.334 e. The van der Waals surface area contributed by atoms with E-state index in [4.69, 9.17) is 0 Å². The SMILES string of the molecule is Cc1cccc(CNC(=O)Nc2ccc(F)cc2)c1. The molecule has 2 N–H and O–H groups in total. The molecule has 2 aromatic rings. The zero-order valence-corrected chi connectivity index (χ0v) is 10.6. The van der Waals surface area contributed by atoms with Crippen molar-refractivity contribution in [1.82, 2.24) is 5.32 Å². The number of amides is 2. The summed E-state index contributed by atoms with van der Waals surface area (Å²) in [6.45, 7) is 2.46. The van der Waals surface area contributed by atoms with Crippen LogP contribution < -0.4 is 10.6 Å². The molecule has 2 rings (SSSR count). The van der Waals surface area contributed by atoms with Crippen molar-refractivity contribution in [1.29, 1.82) is 0 Å². The quantitative estimate of drug-likeness (QED) is 0.869. The Kier molecular flexibility index (Phi) is 4.13. The molecule has 0 fully saturated rings. The van der Waals surface area contributed by atoms with Gasteiger partial charge in [0.05, 0.1) is 0 Å². The van der Waals surface area contributed by atoms with Gasteiger partial charge in [-0.05, 0) is 36.8 Å². The van der Waals surface area contributed by atoms with Gasteiger partial charge in [-0.25, -0.2) is 9.18 Å². The zero-order chi connectivity index (χ0) is 13.7. The molecule has 3 nitrogen and oxygen atoms in total. The summed E-state index contributed by atoms with van der Waals surface area (Å²) in [7, 11) is 0. The van der Waals surface area contributed by atoms with Gasteiger partial charge in [0, 0.05) is 12.2 Å². The maximum Gasteiger partial charge on any atom is 0.319 e. The highest BCUT2D eigenvalue weighted by Crippen LogP contribution is 2.08. The van der Waals surface area contributed by atoms with Gasteiger partial charge in [-0.3, -0.25) is 0 Å². The molecule has 0 spiro atoms. The fourth-order valence-electron chi connectivity index (χ4n) is 1.71. The average molecular weight is 258 g/mol. The van der Waals surface area contributed by atoms with E-state index in [1.165, 1.54) is 24.3 Å². The minimum Gasteiger partial charge on any atom is -0.334 e. The van der Waals surface area contributed by atoms with Crippen LogP contribution in [0, 0.1) is 12.7 Å². The van der Waals surface area contributed by atoms with Gasteiger partial charge in [0.2, 0.25) is 0 Å². The van der Waals surface area contributed by atoms with Crippen molar-refractivity contribution >= 4 is 11.7 Å². The van der Waals surface area contributed by atoms with Crippen LogP contribution >= 0.6 is 0 Å². The molecule has 0 aliphatic carbocycles. The Labute approximate surface area is 111 Å². The predicted molar refractivity (Wildman–Crippen MR) is 73.4 cm³/mol. The number of nitrogens with one attached hydrogen (secondary N) is 2. The molecule has 0 saturated heterocycles. The van der Waals surface area contributed by atoms with Gasteiger partial charge in [-0.1, -0.05) is 29.8 Å². The van der Waals surface area contributed by atoms with Gasteiger partial charge >= 0.3 is 6.03 Å². The average Bonchev–Trinajstić information content (AvgIpc) is 2.39. The highest BCUT2D eigenvalue weighted by molar-refractivity contribution is 5.89. The minimum atomic E-state index is -0.328. The molecule has 0 aliphatic heterocycles. The second kappa shape index (κ2) is 6.00. The summed E-state index contributed by atoms with van der Waals surface area (Å²) in [6, 6.07) is 13.2. The van der Waals surface area contributed by atoms with Gasteiger partial charge < -0.3 is 10.6 Å². The van der Waals surface area contributed by atoms with E-state index in [2.05, 4.69) is 10.6 Å². The molecule has 0 unspecified atom stereocenters. The number of anilines is 1. The van der Waals surface area contributed by atoms with Crippen molar-refractivity contribution in [3.8, 4) is 0 Å². The molecule has 0 saturated carbocycles. The van der Waals surface area contributed by atoms with Gasteiger partial charge in [0.1, 0.15) is 5.82 Å². The zero-order valence-electron chi connectivity index (χ0n) is 10.6. The first-order valence-corrected chi connectivity index (χ1v) is 5.99. The highest BCUT2D eigenvalue weighted by Gasteiger charge is 2.01. The molecule has 0 bridgehead atoms. The van der Waals surface area contributed by atoms with Gasteiger partial charge in [-0.2, -0.15) is 0 Å². The third-order valence-corrected chi connectivity index (χ3v) is 2.64. The van der Waals surface area contributed by atoms with Crippen molar-refractivity contribution in [2.75, 3.05) is 5.32 Å². The third-order valence-electron chi connectivity index (χ3n) is 2.64. The van der Waals surface area contributed by atoms with Crippen LogP contribution in [0.15, 0.2) is 48.5 Å². The van der Waals surface area contributed by atoms with Crippen LogP contribution in [0.4, 0.5) is 14.9 Å². The second-order valence-electron chi connectivity index (χ2n) is 4.30. The summed E-state index contributed by atoms with van der Waals surface area (Å²) in [5.41, 5.74) is 2.75. The Morgan fingerprint density at radius 2 is 1.89 bits per heavy atom. The summed E-state index contributed by atoms with van der Waals surface area (Å²) in [4.78, 5) is 11.6. The summed E-state index contributed by atoms with van der Waals surface area (Å²) < 4.78 is 12.7. The van der Waals surface area contributed by atoms with Gasteiger partial charge in [0.15, 0.2) is 0 Å². The summed E-state index contributed by atoms with van der Waals surface area (Å²) in [6.07, 6.45) is 0. The molecule has 0 aromatic heterocycles. The highest BCUT2D eigenvalue weighted by atomic mass is 19.1. The molecule has 2 amide bonds. The lowest BCUT2D eigenvalue weighted by Crippen LogP contribution is -2.28. The number of rotatable bonds is 3. The minimum absolute atomic E-state index is 0.312. The number of halogens is 1. The van der Waals surface area contributed by atoms with E-state index in [0.717, 1.165) is 11.1 Å². The van der Waals surface area contributed by atoms with Gasteiger partial charge in [-0.15, -0.1) is 0 Å². The van der Waals surface area contributed by atoms with Crippen LogP contribution in [0.3, 0.4) is 0 Å². The van der Waals surface area contributed by atoms with E-state index < -0.39 is 0 Å². The molecule has 0 heterocycles. The second-order valence-corrected chi connectivity index (χ2v) is 4.30. The van der Waals surface area contributed by atoms with Crippen LogP contribution in [0.1, 0.15) is 11.1 Å². The lowest BCUT2D eigenvalue weighted by molar-refractivity contribution is 0.251. The van der Waals surface area contributed by atoms with E-state index >= 15 is 0 Å². The predicted octanol–water partition coefficient (Wildman–Crippen LogP) is 3.46. The Balaban J connectivity index is 1.86. The number of carbonyl (C=O) groups is 1. The van der Waals surface area contributed by atoms with Crippen molar-refractivity contribution in [3.63, 3.8) is 0 Å². The van der Waals surface area contributed by atoms with E-state index in [1.54, 1.807) is 0 Å². The number of carbonyl (C=O) groups excluding carboxylic acids is 1. The molecule has 0 aliphatic rings. The maximum absolute atomic E-state index is 12.7. The van der Waals surface area contributed by atoms with Crippen LogP contribution in [0.25, 0.3) is 0 Å². The van der Waals surface area contributed by atoms with E-state index in [1.807, 2.05) is 31.2 Å². The number of hydrogen-bond donors (Lipinski definition) is 2. The molecular formula is C15H15FN2O. The van der Waals surface area contributed by atoms with E-state index in [-0.39, 0.29) is 11.8 Å². The third kappa shape index (κ3) is 4.10. The van der Waals surface area contributed by atoms with Crippen molar-refractivity contribution < 1.29 is 9.18 Å². The molecule has 19 heavy (non-hydrogen) atoms. The first kappa shape index (κ1) is 13.1. The lowest BCUT2D eigenvalue weighted by Gasteiger charge is -2.08. The van der Waals surface area contributed by atoms with Crippen molar-refractivity contribution in [2.45, 2.75) is 13.5 Å². The van der Waals surface area contributed by atoms with Crippen LogP contribution in [-0.4, -0.2) is 6.03 Å². The topological polar surface area (TPSA) is 41.1 Å². The molecule has 2 aromatic carbocycles. The monoisotopic (exact) mass is 258 g/mol. The molecule has 98 valence electrons. The molecule has 0 atom stereocenters. The van der Waals surface area contributed by atoms with Crippen LogP contribution in [-0.2, 0) is 6.54 Å². The fraction of sp³-hybridized carbons (Fsp3) is 0.133. The standard InChI is InChI=1S/C15H15FN2O/c1-11-3-2-4-12(9-11)10-17-15(19)18-14-7-5-13(16)6-8-14/h2-9H,10H2,1H3,(H2,17,18,19). The summed E-state index contributed by atoms with van der Waals surface area (Å²) >= 11 is 0. The normalized spacial score (nSPS) is 10.0. The Bertz CT molecular complexity index is 567. The van der Waals surface area contributed by atoms with Gasteiger partial charge in [0.25, 0.3) is 0 Å². The van der Waals surface area contributed by atoms with Crippen LogP contribution in [0.5, 0.6) is 0 Å². The summed E-state index contributed by atoms with van der Waals surface area (Å²) in [5.74, 6) is -0.328. The van der Waals surface area contributed by atoms with Crippen molar-refractivity contribution in [2.24, 2.45) is 0 Å². The fourth-order valence-corrected chi connectivity index (χ4v) is 1.71. The van der Waals surface area contributed by atoms with E-state index in [9.17, 15) is 9.18 Å². The number of urea groups is 1. The summed E-state index contributed by atoms with van der Waals surface area (Å²) in [5, 5.41) is 5.38. The smallest absolute Gasteiger partial charge is 0.319 e. The maximum atomic E-state index is 12.7. The first-order valence-electron chi connectivity index (χ1n) is 5.99. The molecule has 0 radical (unpaired) electrons. The number of hydrogen-bond acceptors (Lipinski definition) is 1. The van der Waals surface area contributed by atoms with E-state index in [0.29, 0.717) is 12.2 Å².